The van der Waals surface area contributed by atoms with Gasteiger partial charge >= 0.3 is 0 Å². The van der Waals surface area contributed by atoms with Gasteiger partial charge in [-0.3, -0.25) is 11.3 Å². The van der Waals surface area contributed by atoms with E-state index in [4.69, 9.17) is 5.84 Å². The van der Waals surface area contributed by atoms with Crippen molar-refractivity contribution in [3.8, 4) is 0 Å². The first kappa shape index (κ1) is 15.0. The first-order valence-electron chi connectivity index (χ1n) is 6.32. The average molecular weight is 297 g/mol. The van der Waals surface area contributed by atoms with Gasteiger partial charge in [0.2, 0.25) is 0 Å². The topological polar surface area (TPSA) is 50.9 Å². The number of hydrogen-bond donors (Lipinski definition) is 2. The van der Waals surface area contributed by atoms with Crippen molar-refractivity contribution in [3.05, 3.63) is 51.0 Å². The van der Waals surface area contributed by atoms with Crippen LogP contribution in [0.25, 0.3) is 0 Å². The van der Waals surface area contributed by atoms with Crippen LogP contribution in [-0.2, 0) is 12.8 Å². The number of hydrogen-bond acceptors (Lipinski definition) is 4. The van der Waals surface area contributed by atoms with Crippen LogP contribution in [-0.4, -0.2) is 11.0 Å². The largest absolute Gasteiger partial charge is 0.271 e. The SMILES string of the molecule is Cc1nc(CC(Cc2cc(F)cc(F)c2)NN)sc1C. The molecule has 0 aliphatic heterocycles. The van der Waals surface area contributed by atoms with Crippen molar-refractivity contribution in [2.24, 2.45) is 5.84 Å². The standard InChI is InChI=1S/C14H17F2N3S/c1-8-9(2)20-14(18-8)7-13(19-17)5-10-3-11(15)6-12(16)4-10/h3-4,6,13,19H,5,7,17H2,1-2H3. The number of nitrogens with two attached hydrogens (primary N) is 1. The maximum Gasteiger partial charge on any atom is 0.126 e. The first-order chi connectivity index (χ1) is 9.47. The van der Waals surface area contributed by atoms with E-state index >= 15 is 0 Å². The molecule has 1 unspecified atom stereocenters. The molecule has 1 heterocycles. The number of aryl methyl sites for hydroxylation is 2. The lowest BCUT2D eigenvalue weighted by molar-refractivity contribution is 0.515. The van der Waals surface area contributed by atoms with E-state index in [1.807, 2.05) is 13.8 Å². The molecule has 20 heavy (non-hydrogen) atoms. The van der Waals surface area contributed by atoms with Crippen LogP contribution in [0.2, 0.25) is 0 Å². The van der Waals surface area contributed by atoms with Crippen LogP contribution in [0.4, 0.5) is 8.78 Å². The highest BCUT2D eigenvalue weighted by molar-refractivity contribution is 7.11. The molecule has 0 aliphatic rings. The molecule has 0 fully saturated rings. The third kappa shape index (κ3) is 3.82. The van der Waals surface area contributed by atoms with Crippen molar-refractivity contribution in [2.75, 3.05) is 0 Å². The minimum absolute atomic E-state index is 0.110. The van der Waals surface area contributed by atoms with Crippen LogP contribution >= 0.6 is 11.3 Å². The summed E-state index contributed by atoms with van der Waals surface area (Å²) in [5.41, 5.74) is 4.28. The zero-order valence-electron chi connectivity index (χ0n) is 11.4. The van der Waals surface area contributed by atoms with Gasteiger partial charge in [-0.05, 0) is 38.0 Å². The van der Waals surface area contributed by atoms with E-state index < -0.39 is 11.6 Å². The van der Waals surface area contributed by atoms with Crippen molar-refractivity contribution in [2.45, 2.75) is 32.7 Å². The third-order valence-electron chi connectivity index (χ3n) is 3.13. The van der Waals surface area contributed by atoms with E-state index in [0.717, 1.165) is 16.8 Å². The molecule has 1 aromatic carbocycles. The van der Waals surface area contributed by atoms with Gasteiger partial charge in [0, 0.05) is 23.4 Å². The molecule has 108 valence electrons. The predicted octanol–water partition coefficient (Wildman–Crippen LogP) is 2.66. The van der Waals surface area contributed by atoms with E-state index in [1.54, 1.807) is 11.3 Å². The van der Waals surface area contributed by atoms with E-state index in [0.29, 0.717) is 18.4 Å². The zero-order valence-corrected chi connectivity index (χ0v) is 12.2. The van der Waals surface area contributed by atoms with Gasteiger partial charge < -0.3 is 0 Å². The van der Waals surface area contributed by atoms with E-state index in [2.05, 4.69) is 10.4 Å². The molecule has 2 rings (SSSR count). The number of hydrazine groups is 1. The molecular formula is C14H17F2N3S. The molecule has 1 atom stereocenters. The monoisotopic (exact) mass is 297 g/mol. The van der Waals surface area contributed by atoms with Gasteiger partial charge in [-0.1, -0.05) is 0 Å². The molecule has 2 aromatic rings. The summed E-state index contributed by atoms with van der Waals surface area (Å²) in [5, 5.41) is 0.972. The smallest absolute Gasteiger partial charge is 0.126 e. The van der Waals surface area contributed by atoms with Crippen molar-refractivity contribution in [3.63, 3.8) is 0 Å². The number of aromatic nitrogens is 1. The molecule has 0 bridgehead atoms. The molecule has 0 saturated heterocycles. The zero-order chi connectivity index (χ0) is 14.7. The summed E-state index contributed by atoms with van der Waals surface area (Å²) in [6.07, 6.45) is 1.08. The fourth-order valence-corrected chi connectivity index (χ4v) is 3.05. The van der Waals surface area contributed by atoms with Crippen LogP contribution in [0.3, 0.4) is 0 Å². The summed E-state index contributed by atoms with van der Waals surface area (Å²) in [6, 6.07) is 3.40. The number of nitrogens with zero attached hydrogens (tertiary/aromatic N) is 1. The third-order valence-corrected chi connectivity index (χ3v) is 4.23. The highest BCUT2D eigenvalue weighted by Gasteiger charge is 2.13. The molecule has 0 aliphatic carbocycles. The van der Waals surface area contributed by atoms with Crippen molar-refractivity contribution in [1.29, 1.82) is 0 Å². The molecule has 3 nitrogen and oxygen atoms in total. The summed E-state index contributed by atoms with van der Waals surface area (Å²) in [5.74, 6) is 4.38. The van der Waals surface area contributed by atoms with Crippen LogP contribution < -0.4 is 11.3 Å². The lowest BCUT2D eigenvalue weighted by atomic mass is 10.0. The Morgan fingerprint density at radius 3 is 2.35 bits per heavy atom. The number of thiazole rings is 1. The van der Waals surface area contributed by atoms with Gasteiger partial charge in [0.15, 0.2) is 0 Å². The summed E-state index contributed by atoms with van der Waals surface area (Å²) >= 11 is 1.62. The van der Waals surface area contributed by atoms with Gasteiger partial charge in [-0.15, -0.1) is 11.3 Å². The van der Waals surface area contributed by atoms with E-state index in [9.17, 15) is 8.78 Å². The molecule has 0 radical (unpaired) electrons. The predicted molar refractivity (Wildman–Crippen MR) is 76.5 cm³/mol. The summed E-state index contributed by atoms with van der Waals surface area (Å²) in [4.78, 5) is 5.62. The number of benzene rings is 1. The second-order valence-corrected chi connectivity index (χ2v) is 6.09. The lowest BCUT2D eigenvalue weighted by Gasteiger charge is -2.14. The van der Waals surface area contributed by atoms with E-state index in [1.165, 1.54) is 17.0 Å². The molecule has 6 heteroatoms. The molecular weight excluding hydrogens is 280 g/mol. The van der Waals surface area contributed by atoms with Crippen molar-refractivity contribution < 1.29 is 8.78 Å². The Morgan fingerprint density at radius 2 is 1.85 bits per heavy atom. The minimum atomic E-state index is -0.572. The molecule has 0 amide bonds. The summed E-state index contributed by atoms with van der Waals surface area (Å²) in [6.45, 7) is 3.98. The highest BCUT2D eigenvalue weighted by atomic mass is 32.1. The van der Waals surface area contributed by atoms with Crippen LogP contribution in [0.1, 0.15) is 21.1 Å². The second kappa shape index (κ2) is 6.39. The summed E-state index contributed by atoms with van der Waals surface area (Å²) < 4.78 is 26.3. The Kier molecular flexibility index (Phi) is 4.80. The first-order valence-corrected chi connectivity index (χ1v) is 7.13. The fourth-order valence-electron chi connectivity index (χ4n) is 2.04. The maximum absolute atomic E-state index is 13.2. The number of halogens is 2. The molecule has 0 spiro atoms. The Morgan fingerprint density at radius 1 is 1.20 bits per heavy atom. The fraction of sp³-hybridized carbons (Fsp3) is 0.357. The van der Waals surface area contributed by atoms with Gasteiger partial charge in [0.05, 0.1) is 10.7 Å². The molecule has 0 saturated carbocycles. The second-order valence-electron chi connectivity index (χ2n) is 4.80. The normalized spacial score (nSPS) is 12.7. The van der Waals surface area contributed by atoms with E-state index in [-0.39, 0.29) is 6.04 Å². The average Bonchev–Trinajstić information content (AvgIpc) is 2.66. The quantitative estimate of drug-likeness (QED) is 0.659. The van der Waals surface area contributed by atoms with Crippen molar-refractivity contribution >= 4 is 11.3 Å². The van der Waals surface area contributed by atoms with Crippen molar-refractivity contribution in [1.82, 2.24) is 10.4 Å². The molecule has 3 N–H and O–H groups in total. The Hall–Kier alpha value is -1.37. The number of rotatable bonds is 5. The van der Waals surface area contributed by atoms with Crippen LogP contribution in [0, 0.1) is 25.5 Å². The van der Waals surface area contributed by atoms with Gasteiger partial charge in [-0.25, -0.2) is 13.8 Å². The number of nitrogens with one attached hydrogen (secondary N) is 1. The van der Waals surface area contributed by atoms with Gasteiger partial charge in [-0.2, -0.15) is 0 Å². The summed E-state index contributed by atoms with van der Waals surface area (Å²) in [7, 11) is 0. The Bertz CT molecular complexity index is 558. The Labute approximate surface area is 120 Å². The van der Waals surface area contributed by atoms with Crippen LogP contribution in [0.5, 0.6) is 0 Å². The lowest BCUT2D eigenvalue weighted by Crippen LogP contribution is -2.38. The highest BCUT2D eigenvalue weighted by Crippen LogP contribution is 2.19. The Balaban J connectivity index is 2.08. The van der Waals surface area contributed by atoms with Crippen LogP contribution in [0.15, 0.2) is 18.2 Å². The van der Waals surface area contributed by atoms with Gasteiger partial charge in [0.1, 0.15) is 11.6 Å². The minimum Gasteiger partial charge on any atom is -0.271 e. The maximum atomic E-state index is 13.2. The van der Waals surface area contributed by atoms with Gasteiger partial charge in [0.25, 0.3) is 0 Å². The molecule has 1 aromatic heterocycles.